The molecule has 3 unspecified atom stereocenters. The number of hydrogen-bond acceptors (Lipinski definition) is 8. The molecule has 0 spiro atoms. The lowest BCUT2D eigenvalue weighted by atomic mass is 9.76. The lowest BCUT2D eigenvalue weighted by molar-refractivity contribution is -0.137. The molecule has 0 radical (unpaired) electrons. The van der Waals surface area contributed by atoms with Gasteiger partial charge in [0.15, 0.2) is 11.5 Å². The van der Waals surface area contributed by atoms with Gasteiger partial charge in [0, 0.05) is 17.5 Å². The minimum Gasteiger partial charge on any atom is -0.497 e. The number of fused-ring (bicyclic) bond motifs is 1. The van der Waals surface area contributed by atoms with Crippen LogP contribution in [0.15, 0.2) is 47.0 Å². The van der Waals surface area contributed by atoms with Gasteiger partial charge < -0.3 is 24.1 Å². The molecule has 3 amide bonds. The number of benzene rings is 2. The number of nitrogens with one attached hydrogen (secondary N) is 1. The van der Waals surface area contributed by atoms with E-state index in [4.69, 9.17) is 18.7 Å². The highest BCUT2D eigenvalue weighted by atomic mass is 16.5. The van der Waals surface area contributed by atoms with Gasteiger partial charge in [-0.25, -0.2) is 4.79 Å². The van der Waals surface area contributed by atoms with Crippen molar-refractivity contribution in [3.63, 3.8) is 0 Å². The van der Waals surface area contributed by atoms with Gasteiger partial charge in [-0.15, -0.1) is 0 Å². The third kappa shape index (κ3) is 4.46. The van der Waals surface area contributed by atoms with Crippen LogP contribution in [0.2, 0.25) is 0 Å². The summed E-state index contributed by atoms with van der Waals surface area (Å²) < 4.78 is 21.5. The van der Waals surface area contributed by atoms with Gasteiger partial charge in [-0.05, 0) is 55.2 Å². The number of urea groups is 1. The molecule has 2 aromatic carbocycles. The van der Waals surface area contributed by atoms with Crippen molar-refractivity contribution in [3.05, 3.63) is 53.9 Å². The van der Waals surface area contributed by atoms with Gasteiger partial charge >= 0.3 is 6.03 Å². The number of rotatable bonds is 7. The average Bonchev–Trinajstić information content (AvgIpc) is 3.41. The molecule has 1 N–H and O–H groups in total. The van der Waals surface area contributed by atoms with Gasteiger partial charge in [0.05, 0.1) is 33.8 Å². The summed E-state index contributed by atoms with van der Waals surface area (Å²) in [7, 11) is 4.73. The largest absolute Gasteiger partial charge is 0.497 e. The van der Waals surface area contributed by atoms with Crippen molar-refractivity contribution in [2.24, 2.45) is 5.92 Å². The van der Waals surface area contributed by atoms with Crippen molar-refractivity contribution >= 4 is 11.9 Å². The molecule has 5 rings (SSSR count). The Labute approximate surface area is 208 Å². The van der Waals surface area contributed by atoms with Gasteiger partial charge in [-0.2, -0.15) is 4.98 Å². The molecule has 1 saturated heterocycles. The molecule has 1 aliphatic heterocycles. The lowest BCUT2D eigenvalue weighted by Gasteiger charge is -2.41. The predicted octanol–water partition coefficient (Wildman–Crippen LogP) is 3.77. The maximum atomic E-state index is 13.2. The first-order valence-corrected chi connectivity index (χ1v) is 11.8. The zero-order chi connectivity index (χ0) is 25.2. The Morgan fingerprint density at radius 2 is 1.86 bits per heavy atom. The molecule has 2 fully saturated rings. The number of methoxy groups -OCH3 is 3. The maximum absolute atomic E-state index is 13.2. The zero-order valence-corrected chi connectivity index (χ0v) is 20.4. The fourth-order valence-electron chi connectivity index (χ4n) is 4.98. The van der Waals surface area contributed by atoms with Crippen LogP contribution in [0, 0.1) is 5.92 Å². The first kappa shape index (κ1) is 23.7. The summed E-state index contributed by atoms with van der Waals surface area (Å²) in [5.74, 6) is 2.33. The van der Waals surface area contributed by atoms with E-state index >= 15 is 0 Å². The molecule has 3 atom stereocenters. The second kappa shape index (κ2) is 9.88. The fourth-order valence-corrected chi connectivity index (χ4v) is 4.98. The van der Waals surface area contributed by atoms with Crippen LogP contribution >= 0.6 is 0 Å². The standard InChI is InChI=1S/C26H28N4O6/c1-33-18-6-4-5-15(11-18)14-30-25(31)19-9-7-17(12-20(19)27-26(30)32)24-28-23(29-36-24)16-8-10-21(34-2)22(13-16)35-3/h4-6,8,10-11,13,17,19-20H,7,9,12,14H2,1-3H3,(H,27,32). The summed E-state index contributed by atoms with van der Waals surface area (Å²) in [4.78, 5) is 32.0. The second-order valence-electron chi connectivity index (χ2n) is 8.97. The van der Waals surface area contributed by atoms with Crippen molar-refractivity contribution in [3.8, 4) is 28.6 Å². The van der Waals surface area contributed by atoms with Crippen LogP contribution < -0.4 is 19.5 Å². The van der Waals surface area contributed by atoms with Crippen LogP contribution in [0.5, 0.6) is 17.2 Å². The van der Waals surface area contributed by atoms with Crippen LogP contribution in [0.3, 0.4) is 0 Å². The van der Waals surface area contributed by atoms with E-state index in [1.54, 1.807) is 33.5 Å². The number of ether oxygens (including phenoxy) is 3. The highest BCUT2D eigenvalue weighted by Crippen LogP contribution is 2.39. The Bertz CT molecular complexity index is 1270. The fraction of sp³-hybridized carbons (Fsp3) is 0.385. The third-order valence-corrected chi connectivity index (χ3v) is 6.90. The van der Waals surface area contributed by atoms with Crippen molar-refractivity contribution in [2.75, 3.05) is 21.3 Å². The SMILES string of the molecule is COc1cccc(CN2C(=O)NC3CC(c4nc(-c5ccc(OC)c(OC)c5)no4)CCC3C2=O)c1. The number of imide groups is 1. The van der Waals surface area contributed by atoms with E-state index in [0.29, 0.717) is 48.2 Å². The summed E-state index contributed by atoms with van der Waals surface area (Å²) in [6.07, 6.45) is 1.89. The lowest BCUT2D eigenvalue weighted by Crippen LogP contribution is -2.60. The maximum Gasteiger partial charge on any atom is 0.324 e. The highest BCUT2D eigenvalue weighted by molar-refractivity contribution is 5.98. The molecule has 36 heavy (non-hydrogen) atoms. The normalized spacial score (nSPS) is 21.5. The van der Waals surface area contributed by atoms with Gasteiger partial charge in [-0.3, -0.25) is 9.69 Å². The summed E-state index contributed by atoms with van der Waals surface area (Å²) in [5.41, 5.74) is 1.57. The smallest absolute Gasteiger partial charge is 0.324 e. The molecule has 1 aromatic heterocycles. The topological polar surface area (TPSA) is 116 Å². The molecule has 10 heteroatoms. The highest BCUT2D eigenvalue weighted by Gasteiger charge is 2.45. The monoisotopic (exact) mass is 492 g/mol. The molecular formula is C26H28N4O6. The minimum atomic E-state index is -0.388. The Morgan fingerprint density at radius 3 is 2.64 bits per heavy atom. The van der Waals surface area contributed by atoms with Gasteiger partial charge in [0.1, 0.15) is 5.75 Å². The minimum absolute atomic E-state index is 0.0503. The summed E-state index contributed by atoms with van der Waals surface area (Å²) in [6.45, 7) is 0.201. The van der Waals surface area contributed by atoms with E-state index in [1.165, 1.54) is 4.90 Å². The van der Waals surface area contributed by atoms with E-state index in [2.05, 4.69) is 15.5 Å². The van der Waals surface area contributed by atoms with Crippen LogP contribution in [-0.2, 0) is 11.3 Å². The first-order chi connectivity index (χ1) is 17.5. The third-order valence-electron chi connectivity index (χ3n) is 6.90. The predicted molar refractivity (Wildman–Crippen MR) is 129 cm³/mol. The van der Waals surface area contributed by atoms with Crippen molar-refractivity contribution in [2.45, 2.75) is 37.8 Å². The number of aromatic nitrogens is 2. The molecule has 3 aromatic rings. The Morgan fingerprint density at radius 1 is 1.03 bits per heavy atom. The number of carbonyl (C=O) groups is 2. The zero-order valence-electron chi connectivity index (χ0n) is 20.4. The Hall–Kier alpha value is -4.08. The molecule has 1 aliphatic carbocycles. The molecule has 1 saturated carbocycles. The van der Waals surface area contributed by atoms with Crippen LogP contribution in [0.25, 0.3) is 11.4 Å². The van der Waals surface area contributed by atoms with Gasteiger partial charge in [0.2, 0.25) is 17.6 Å². The quantitative estimate of drug-likeness (QED) is 0.530. The van der Waals surface area contributed by atoms with Crippen LogP contribution in [0.1, 0.15) is 36.6 Å². The average molecular weight is 493 g/mol. The van der Waals surface area contributed by atoms with Crippen molar-refractivity contribution < 1.29 is 28.3 Å². The van der Waals surface area contributed by atoms with Crippen LogP contribution in [-0.4, -0.2) is 54.4 Å². The van der Waals surface area contributed by atoms with E-state index in [1.807, 2.05) is 30.3 Å². The van der Waals surface area contributed by atoms with Crippen molar-refractivity contribution in [1.29, 1.82) is 0 Å². The second-order valence-corrected chi connectivity index (χ2v) is 8.97. The number of hydrogen-bond donors (Lipinski definition) is 1. The number of carbonyl (C=O) groups excluding carboxylic acids is 2. The van der Waals surface area contributed by atoms with Crippen LogP contribution in [0.4, 0.5) is 4.79 Å². The first-order valence-electron chi connectivity index (χ1n) is 11.8. The number of amides is 3. The van der Waals surface area contributed by atoms with E-state index in [9.17, 15) is 9.59 Å². The Kier molecular flexibility index (Phi) is 6.49. The van der Waals surface area contributed by atoms with E-state index in [-0.39, 0.29) is 36.4 Å². The molecule has 0 bridgehead atoms. The Balaban J connectivity index is 1.27. The van der Waals surface area contributed by atoms with Crippen molar-refractivity contribution in [1.82, 2.24) is 20.4 Å². The van der Waals surface area contributed by atoms with Gasteiger partial charge in [0.25, 0.3) is 0 Å². The van der Waals surface area contributed by atoms with Gasteiger partial charge in [-0.1, -0.05) is 17.3 Å². The summed E-state index contributed by atoms with van der Waals surface area (Å²) in [6, 6.07) is 12.1. The molecular weight excluding hydrogens is 464 g/mol. The van der Waals surface area contributed by atoms with E-state index in [0.717, 1.165) is 11.1 Å². The molecule has 188 valence electrons. The number of nitrogens with zero attached hydrogens (tertiary/aromatic N) is 3. The molecule has 2 heterocycles. The summed E-state index contributed by atoms with van der Waals surface area (Å²) in [5, 5.41) is 7.17. The molecule has 10 nitrogen and oxygen atoms in total. The van der Waals surface area contributed by atoms with E-state index < -0.39 is 0 Å². The summed E-state index contributed by atoms with van der Waals surface area (Å²) >= 11 is 0. The molecule has 2 aliphatic rings.